The number of esters is 1. The predicted octanol–water partition coefficient (Wildman–Crippen LogP) is 2.35. The quantitative estimate of drug-likeness (QED) is 0.308. The molecule has 234 valence electrons. The molecule has 5 aliphatic rings. The summed E-state index contributed by atoms with van der Waals surface area (Å²) in [5.74, 6) is -4.97. The second kappa shape index (κ2) is 11.8. The van der Waals surface area contributed by atoms with Crippen molar-refractivity contribution in [2.24, 2.45) is 29.6 Å². The lowest BCUT2D eigenvalue weighted by Gasteiger charge is -2.54. The average Bonchev–Trinajstić information content (AvgIpc) is 3.96. The van der Waals surface area contributed by atoms with Crippen LogP contribution in [-0.2, 0) is 35.1 Å². The molecule has 0 aromatic heterocycles. The lowest BCUT2D eigenvalue weighted by Crippen LogP contribution is -2.73. The molecule has 44 heavy (non-hydrogen) atoms. The molecule has 1 aromatic carbocycles. The molecule has 1 aromatic rings. The van der Waals surface area contributed by atoms with Crippen LogP contribution in [0.5, 0.6) is 0 Å². The molecule has 0 spiro atoms. The average molecular weight is 605 g/mol. The van der Waals surface area contributed by atoms with Crippen molar-refractivity contribution in [1.29, 1.82) is 0 Å². The van der Waals surface area contributed by atoms with Gasteiger partial charge in [0, 0.05) is 31.0 Å². The van der Waals surface area contributed by atoms with E-state index in [-0.39, 0.29) is 6.42 Å². The summed E-state index contributed by atoms with van der Waals surface area (Å²) in [6.45, 7) is 2.07. The Hall–Kier alpha value is -4.02. The molecule has 2 aliphatic heterocycles. The number of benzene rings is 1. The highest BCUT2D eigenvalue weighted by Gasteiger charge is 2.67. The molecule has 4 atom stereocenters. The van der Waals surface area contributed by atoms with Crippen molar-refractivity contribution < 1.29 is 33.5 Å². The van der Waals surface area contributed by atoms with Crippen LogP contribution in [0.25, 0.3) is 0 Å². The summed E-state index contributed by atoms with van der Waals surface area (Å²) in [6, 6.07) is 8.50. The van der Waals surface area contributed by atoms with Gasteiger partial charge in [0.2, 0.25) is 17.7 Å². The second-order valence-electron chi connectivity index (χ2n) is 12.9. The molecule has 0 bridgehead atoms. The fourth-order valence-electron chi connectivity index (χ4n) is 7.46. The van der Waals surface area contributed by atoms with Crippen molar-refractivity contribution in [2.45, 2.75) is 63.8 Å². The Bertz CT molecular complexity index is 1420. The van der Waals surface area contributed by atoms with Crippen molar-refractivity contribution in [2.75, 3.05) is 26.7 Å². The van der Waals surface area contributed by atoms with E-state index in [1.807, 2.05) is 37.3 Å². The zero-order valence-electron chi connectivity index (χ0n) is 25.3. The molecule has 1 saturated heterocycles. The van der Waals surface area contributed by atoms with Crippen molar-refractivity contribution >= 4 is 35.6 Å². The van der Waals surface area contributed by atoms with Gasteiger partial charge in [0.05, 0.1) is 18.9 Å². The van der Waals surface area contributed by atoms with E-state index in [2.05, 4.69) is 10.6 Å². The first kappa shape index (κ1) is 30.0. The van der Waals surface area contributed by atoms with Crippen LogP contribution in [0.3, 0.4) is 0 Å². The second-order valence-corrected chi connectivity index (χ2v) is 12.9. The Morgan fingerprint density at radius 2 is 1.59 bits per heavy atom. The van der Waals surface area contributed by atoms with Crippen LogP contribution < -0.4 is 10.6 Å². The first-order chi connectivity index (χ1) is 21.2. The zero-order valence-corrected chi connectivity index (χ0v) is 25.3. The number of nitrogens with zero attached hydrogens (tertiary/aromatic N) is 2. The molecule has 0 radical (unpaired) electrons. The van der Waals surface area contributed by atoms with Crippen LogP contribution in [0.1, 0.15) is 57.4 Å². The summed E-state index contributed by atoms with van der Waals surface area (Å²) in [7, 11) is 1.19. The van der Waals surface area contributed by atoms with Gasteiger partial charge in [-0.2, -0.15) is 0 Å². The fraction of sp³-hybridized carbons (Fsp3) is 0.576. The van der Waals surface area contributed by atoms with Crippen molar-refractivity contribution in [1.82, 2.24) is 20.4 Å². The van der Waals surface area contributed by atoms with Crippen LogP contribution in [0.15, 0.2) is 41.5 Å². The van der Waals surface area contributed by atoms with Gasteiger partial charge in [-0.1, -0.05) is 42.8 Å². The molecule has 4 fully saturated rings. The number of rotatable bonds is 10. The minimum Gasteiger partial charge on any atom is -0.468 e. The highest BCUT2D eigenvalue weighted by molar-refractivity contribution is 6.13. The number of methoxy groups -OCH3 is 1. The van der Waals surface area contributed by atoms with E-state index in [1.54, 1.807) is 0 Å². The largest absolute Gasteiger partial charge is 0.468 e. The number of carbonyl (C=O) groups excluding carboxylic acids is 6. The smallest absolute Gasteiger partial charge is 0.325 e. The Labute approximate surface area is 256 Å². The molecule has 6 rings (SSSR count). The highest BCUT2D eigenvalue weighted by Crippen LogP contribution is 2.55. The van der Waals surface area contributed by atoms with E-state index in [0.717, 1.165) is 35.5 Å². The van der Waals surface area contributed by atoms with E-state index >= 15 is 0 Å². The maximum absolute atomic E-state index is 14.8. The van der Waals surface area contributed by atoms with E-state index in [4.69, 9.17) is 4.74 Å². The zero-order chi connectivity index (χ0) is 31.2. The van der Waals surface area contributed by atoms with Gasteiger partial charge < -0.3 is 15.4 Å². The van der Waals surface area contributed by atoms with Gasteiger partial charge in [-0.05, 0) is 62.3 Å². The van der Waals surface area contributed by atoms with E-state index in [1.165, 1.54) is 7.11 Å². The lowest BCUT2D eigenvalue weighted by molar-refractivity contribution is -0.153. The molecule has 6 amide bonds. The molecule has 2 heterocycles. The molecule has 11 nitrogen and oxygen atoms in total. The first-order valence-electron chi connectivity index (χ1n) is 15.8. The third-order valence-electron chi connectivity index (χ3n) is 10.1. The molecule has 3 aliphatic carbocycles. The monoisotopic (exact) mass is 604 g/mol. The predicted molar refractivity (Wildman–Crippen MR) is 157 cm³/mol. The SMILES string of the molecule is CCC1=C2CC[C@H]3C(=O)N(CC(=O)OC)C(=O)[C@H]3[C@H]2[C@@](Cc2ccccc2)(C(=O)NCC2CC2)N(C(=O)NCC2CC2)C1=O. The number of hydrogen-bond donors (Lipinski definition) is 2. The minimum atomic E-state index is -1.82. The van der Waals surface area contributed by atoms with Crippen LogP contribution >= 0.6 is 0 Å². The van der Waals surface area contributed by atoms with Crippen LogP contribution in [0.2, 0.25) is 0 Å². The molecular weight excluding hydrogens is 564 g/mol. The summed E-state index contributed by atoms with van der Waals surface area (Å²) >= 11 is 0. The first-order valence-corrected chi connectivity index (χ1v) is 15.8. The van der Waals surface area contributed by atoms with Gasteiger partial charge in [-0.15, -0.1) is 0 Å². The number of likely N-dealkylation sites (tertiary alicyclic amines) is 1. The van der Waals surface area contributed by atoms with Gasteiger partial charge in [-0.25, -0.2) is 9.69 Å². The number of hydrogen-bond acceptors (Lipinski definition) is 7. The van der Waals surface area contributed by atoms with Gasteiger partial charge in [-0.3, -0.25) is 28.9 Å². The van der Waals surface area contributed by atoms with Gasteiger partial charge in [0.15, 0.2) is 0 Å². The molecule has 2 N–H and O–H groups in total. The lowest BCUT2D eigenvalue weighted by atomic mass is 9.57. The van der Waals surface area contributed by atoms with E-state index in [9.17, 15) is 28.8 Å². The number of nitrogens with one attached hydrogen (secondary N) is 2. The maximum Gasteiger partial charge on any atom is 0.325 e. The number of urea groups is 1. The topological polar surface area (TPSA) is 142 Å². The van der Waals surface area contributed by atoms with E-state index < -0.39 is 65.5 Å². The Balaban J connectivity index is 1.54. The summed E-state index contributed by atoms with van der Waals surface area (Å²) < 4.78 is 4.77. The standard InChI is InChI=1S/C33H40N4O7/c1-3-22-23-13-14-24-26(30(41)36(28(24)39)18-25(38)44-2)27(23)33(15-19-7-5-4-6-8-19,31(42)34-16-20-9-10-20)37(29(22)40)32(43)35-17-21-11-12-21/h4-8,20-21,24,26-27H,3,9-18H2,1-2H3,(H,34,42)(H,35,43)/t24-,26-,27+,33+/m1/s1. The Morgan fingerprint density at radius 1 is 0.932 bits per heavy atom. The van der Waals surface area contributed by atoms with E-state index in [0.29, 0.717) is 60.9 Å². The normalized spacial score (nSPS) is 28.0. The third kappa shape index (κ3) is 5.20. The molecule has 11 heteroatoms. The van der Waals surface area contributed by atoms with Crippen molar-refractivity contribution in [3.05, 3.63) is 47.0 Å². The number of carbonyl (C=O) groups is 6. The molecule has 3 saturated carbocycles. The minimum absolute atomic E-state index is 0.0280. The number of amides is 6. The number of fused-ring (bicyclic) bond motifs is 3. The van der Waals surface area contributed by atoms with Crippen LogP contribution in [0, 0.1) is 29.6 Å². The van der Waals surface area contributed by atoms with Gasteiger partial charge in [0.1, 0.15) is 12.1 Å². The Morgan fingerprint density at radius 3 is 2.20 bits per heavy atom. The van der Waals surface area contributed by atoms with Crippen LogP contribution in [-0.4, -0.2) is 77.7 Å². The van der Waals surface area contributed by atoms with Gasteiger partial charge >= 0.3 is 12.0 Å². The Kier molecular flexibility index (Phi) is 8.06. The summed E-state index contributed by atoms with van der Waals surface area (Å²) in [5, 5.41) is 5.98. The summed E-state index contributed by atoms with van der Waals surface area (Å²) in [4.78, 5) is 85.6. The van der Waals surface area contributed by atoms with Crippen molar-refractivity contribution in [3.63, 3.8) is 0 Å². The third-order valence-corrected chi connectivity index (χ3v) is 10.1. The summed E-state index contributed by atoms with van der Waals surface area (Å²) in [6.07, 6.45) is 4.82. The fourth-order valence-corrected chi connectivity index (χ4v) is 7.46. The number of ether oxygens (including phenoxy) is 1. The van der Waals surface area contributed by atoms with Crippen LogP contribution in [0.4, 0.5) is 4.79 Å². The number of imide groups is 2. The molecule has 0 unspecified atom stereocenters. The molecular formula is C33H40N4O7. The highest BCUT2D eigenvalue weighted by atomic mass is 16.5. The summed E-state index contributed by atoms with van der Waals surface area (Å²) in [5.41, 5.74) is -0.0504. The van der Waals surface area contributed by atoms with Crippen molar-refractivity contribution in [3.8, 4) is 0 Å². The maximum atomic E-state index is 14.8. The van der Waals surface area contributed by atoms with Gasteiger partial charge in [0.25, 0.3) is 5.91 Å².